The summed E-state index contributed by atoms with van der Waals surface area (Å²) in [6, 6.07) is 4.08. The molecule has 2 atom stereocenters. The molecule has 2 aliphatic heterocycles. The second-order valence-corrected chi connectivity index (χ2v) is 7.92. The fourth-order valence-corrected chi connectivity index (χ4v) is 4.63. The Labute approximate surface area is 163 Å². The van der Waals surface area contributed by atoms with Gasteiger partial charge in [-0.2, -0.15) is 4.98 Å². The van der Waals surface area contributed by atoms with Gasteiger partial charge in [-0.3, -0.25) is 0 Å². The molecule has 4 heterocycles. The number of rotatable bonds is 3. The van der Waals surface area contributed by atoms with E-state index in [9.17, 15) is 4.39 Å². The van der Waals surface area contributed by atoms with E-state index in [0.717, 1.165) is 60.4 Å². The number of halogens is 1. The van der Waals surface area contributed by atoms with E-state index in [1.54, 1.807) is 13.0 Å². The quantitative estimate of drug-likeness (QED) is 0.750. The van der Waals surface area contributed by atoms with E-state index in [0.29, 0.717) is 29.2 Å². The number of nitrogens with zero attached hydrogens (tertiary/aromatic N) is 4. The zero-order chi connectivity index (χ0) is 19.4. The van der Waals surface area contributed by atoms with E-state index in [4.69, 9.17) is 9.51 Å². The molecule has 0 spiro atoms. The van der Waals surface area contributed by atoms with Gasteiger partial charge in [0.1, 0.15) is 17.2 Å². The predicted octanol–water partition coefficient (Wildman–Crippen LogP) is 3.40. The summed E-state index contributed by atoms with van der Waals surface area (Å²) in [4.78, 5) is 11.5. The van der Waals surface area contributed by atoms with Crippen molar-refractivity contribution in [3.05, 3.63) is 34.9 Å². The SMILES string of the molecule is CCc1cc(F)c2nc(N3C[C@H]4CCN[C@H]4C3)c(-c3nc(C)no3)c(C)c2c1. The molecule has 0 aliphatic carbocycles. The predicted molar refractivity (Wildman–Crippen MR) is 106 cm³/mol. The van der Waals surface area contributed by atoms with Crippen LogP contribution in [-0.4, -0.2) is 40.8 Å². The summed E-state index contributed by atoms with van der Waals surface area (Å²) >= 11 is 0. The molecule has 1 aromatic carbocycles. The van der Waals surface area contributed by atoms with Crippen LogP contribution in [-0.2, 0) is 6.42 Å². The van der Waals surface area contributed by atoms with Gasteiger partial charge in [0.25, 0.3) is 5.89 Å². The Morgan fingerprint density at radius 2 is 2.11 bits per heavy atom. The van der Waals surface area contributed by atoms with Gasteiger partial charge in [-0.25, -0.2) is 9.37 Å². The largest absolute Gasteiger partial charge is 0.354 e. The van der Waals surface area contributed by atoms with Crippen molar-refractivity contribution in [2.24, 2.45) is 5.92 Å². The monoisotopic (exact) mass is 381 g/mol. The van der Waals surface area contributed by atoms with Gasteiger partial charge >= 0.3 is 0 Å². The lowest BCUT2D eigenvalue weighted by Gasteiger charge is -2.23. The Morgan fingerprint density at radius 1 is 1.25 bits per heavy atom. The van der Waals surface area contributed by atoms with Gasteiger partial charge in [0.2, 0.25) is 0 Å². The molecule has 6 nitrogen and oxygen atoms in total. The summed E-state index contributed by atoms with van der Waals surface area (Å²) in [6.07, 6.45) is 1.93. The number of pyridine rings is 1. The minimum absolute atomic E-state index is 0.274. The molecule has 0 bridgehead atoms. The topological polar surface area (TPSA) is 67.1 Å². The summed E-state index contributed by atoms with van der Waals surface area (Å²) in [5.74, 6) is 2.10. The standard InChI is InChI=1S/C21H24FN5O/c1-4-13-7-15-11(2)18(21-24-12(3)26-28-21)20(25-19(15)16(22)8-13)27-9-14-5-6-23-17(14)10-27/h7-8,14,17,23H,4-6,9-10H2,1-3H3/t14-,17+/m1/s1. The van der Waals surface area contributed by atoms with Gasteiger partial charge < -0.3 is 14.7 Å². The van der Waals surface area contributed by atoms with Crippen LogP contribution in [0, 0.1) is 25.6 Å². The fraction of sp³-hybridized carbons (Fsp3) is 0.476. The summed E-state index contributed by atoms with van der Waals surface area (Å²) in [7, 11) is 0. The van der Waals surface area contributed by atoms with Gasteiger partial charge in [0, 0.05) is 24.5 Å². The third kappa shape index (κ3) is 2.68. The highest BCUT2D eigenvalue weighted by Gasteiger charge is 2.38. The van der Waals surface area contributed by atoms with Crippen molar-refractivity contribution >= 4 is 16.7 Å². The smallest absolute Gasteiger partial charge is 0.261 e. The van der Waals surface area contributed by atoms with Crippen LogP contribution in [0.1, 0.15) is 30.3 Å². The molecular formula is C21H24FN5O. The first-order chi connectivity index (χ1) is 13.5. The highest BCUT2D eigenvalue weighted by Crippen LogP contribution is 2.39. The Bertz CT molecular complexity index is 1050. The van der Waals surface area contributed by atoms with Crippen LogP contribution >= 0.6 is 0 Å². The number of nitrogens with one attached hydrogen (secondary N) is 1. The van der Waals surface area contributed by atoms with E-state index in [2.05, 4.69) is 20.4 Å². The second kappa shape index (κ2) is 6.51. The Kier molecular flexibility index (Phi) is 4.08. The fourth-order valence-electron chi connectivity index (χ4n) is 4.63. The summed E-state index contributed by atoms with van der Waals surface area (Å²) < 4.78 is 20.4. The van der Waals surface area contributed by atoms with E-state index in [1.165, 1.54) is 0 Å². The van der Waals surface area contributed by atoms with E-state index in [-0.39, 0.29) is 5.82 Å². The molecule has 7 heteroatoms. The van der Waals surface area contributed by atoms with Gasteiger partial charge in [-0.05, 0) is 62.4 Å². The van der Waals surface area contributed by atoms with Crippen LogP contribution < -0.4 is 10.2 Å². The van der Waals surface area contributed by atoms with Gasteiger partial charge in [0.15, 0.2) is 5.82 Å². The minimum atomic E-state index is -0.274. The van der Waals surface area contributed by atoms with E-state index in [1.807, 2.05) is 19.9 Å². The number of aryl methyl sites for hydroxylation is 3. The number of aromatic nitrogens is 3. The van der Waals surface area contributed by atoms with Crippen LogP contribution in [0.3, 0.4) is 0 Å². The first-order valence-corrected chi connectivity index (χ1v) is 9.97. The lowest BCUT2D eigenvalue weighted by atomic mass is 10.00. The summed E-state index contributed by atoms with van der Waals surface area (Å²) in [5.41, 5.74) is 3.12. The van der Waals surface area contributed by atoms with Gasteiger partial charge in [-0.15, -0.1) is 0 Å². The van der Waals surface area contributed by atoms with E-state index < -0.39 is 0 Å². The summed E-state index contributed by atoms with van der Waals surface area (Å²) in [6.45, 7) is 8.65. The lowest BCUT2D eigenvalue weighted by molar-refractivity contribution is 0.425. The Balaban J connectivity index is 1.74. The first-order valence-electron chi connectivity index (χ1n) is 9.97. The number of hydrogen-bond donors (Lipinski definition) is 1. The molecule has 0 unspecified atom stereocenters. The lowest BCUT2D eigenvalue weighted by Crippen LogP contribution is -2.30. The van der Waals surface area contributed by atoms with Gasteiger partial charge in [-0.1, -0.05) is 12.1 Å². The second-order valence-electron chi connectivity index (χ2n) is 7.92. The zero-order valence-electron chi connectivity index (χ0n) is 16.4. The van der Waals surface area contributed by atoms with Crippen LogP contribution in [0.4, 0.5) is 10.2 Å². The minimum Gasteiger partial charge on any atom is -0.354 e. The van der Waals surface area contributed by atoms with Crippen molar-refractivity contribution in [1.82, 2.24) is 20.4 Å². The molecule has 5 rings (SSSR count). The molecule has 3 aromatic rings. The number of hydrogen-bond acceptors (Lipinski definition) is 6. The third-order valence-electron chi connectivity index (χ3n) is 6.16. The van der Waals surface area contributed by atoms with Crippen molar-refractivity contribution < 1.29 is 8.91 Å². The van der Waals surface area contributed by atoms with Crippen molar-refractivity contribution in [3.8, 4) is 11.5 Å². The van der Waals surface area contributed by atoms with Crippen molar-refractivity contribution in [2.45, 2.75) is 39.7 Å². The normalized spacial score (nSPS) is 21.6. The maximum absolute atomic E-state index is 14.9. The van der Waals surface area contributed by atoms with Crippen LogP contribution in [0.15, 0.2) is 16.7 Å². The average Bonchev–Trinajstić information content (AvgIpc) is 3.38. The molecule has 2 aromatic heterocycles. The molecule has 1 N–H and O–H groups in total. The van der Waals surface area contributed by atoms with Crippen molar-refractivity contribution in [1.29, 1.82) is 0 Å². The number of fused-ring (bicyclic) bond motifs is 2. The number of benzene rings is 1. The zero-order valence-corrected chi connectivity index (χ0v) is 16.4. The molecule has 2 aliphatic rings. The highest BCUT2D eigenvalue weighted by atomic mass is 19.1. The first kappa shape index (κ1) is 17.6. The molecule has 0 radical (unpaired) electrons. The average molecular weight is 381 g/mol. The molecule has 2 saturated heterocycles. The van der Waals surface area contributed by atoms with Crippen LogP contribution in [0.2, 0.25) is 0 Å². The summed E-state index contributed by atoms with van der Waals surface area (Å²) in [5, 5.41) is 8.35. The van der Waals surface area contributed by atoms with Crippen LogP contribution in [0.25, 0.3) is 22.4 Å². The molecule has 28 heavy (non-hydrogen) atoms. The molecular weight excluding hydrogens is 357 g/mol. The Morgan fingerprint density at radius 3 is 2.82 bits per heavy atom. The molecule has 146 valence electrons. The van der Waals surface area contributed by atoms with Crippen LogP contribution in [0.5, 0.6) is 0 Å². The maximum Gasteiger partial charge on any atom is 0.261 e. The number of anilines is 1. The van der Waals surface area contributed by atoms with Crippen molar-refractivity contribution in [3.63, 3.8) is 0 Å². The maximum atomic E-state index is 14.9. The molecule has 0 saturated carbocycles. The Hall–Kier alpha value is -2.54. The van der Waals surface area contributed by atoms with Crippen molar-refractivity contribution in [2.75, 3.05) is 24.5 Å². The van der Waals surface area contributed by atoms with E-state index >= 15 is 0 Å². The van der Waals surface area contributed by atoms with Gasteiger partial charge in [0.05, 0.1) is 5.56 Å². The third-order valence-corrected chi connectivity index (χ3v) is 6.16. The molecule has 2 fully saturated rings. The molecule has 0 amide bonds. The highest BCUT2D eigenvalue weighted by molar-refractivity contribution is 5.93.